The van der Waals surface area contributed by atoms with Gasteiger partial charge in [0.2, 0.25) is 0 Å². The molecule has 1 amide bonds. The summed E-state index contributed by atoms with van der Waals surface area (Å²) in [5.74, 6) is 1.06. The van der Waals surface area contributed by atoms with Crippen molar-refractivity contribution in [2.75, 3.05) is 5.32 Å². The number of benzene rings is 2. The van der Waals surface area contributed by atoms with E-state index < -0.39 is 5.91 Å². The summed E-state index contributed by atoms with van der Waals surface area (Å²) in [6.07, 6.45) is 0. The topological polar surface area (TPSA) is 77.3 Å². The van der Waals surface area contributed by atoms with E-state index >= 15 is 0 Å². The van der Waals surface area contributed by atoms with Gasteiger partial charge >= 0.3 is 6.01 Å². The molecule has 0 radical (unpaired) electrons. The molecule has 0 unspecified atom stereocenters. The molecule has 2 heterocycles. The van der Waals surface area contributed by atoms with Crippen LogP contribution in [0.1, 0.15) is 10.4 Å². The second-order valence-corrected chi connectivity index (χ2v) is 6.20. The summed E-state index contributed by atoms with van der Waals surface area (Å²) in [4.78, 5) is 13.4. The lowest BCUT2D eigenvalue weighted by molar-refractivity contribution is 0.102. The molecule has 128 valence electrons. The van der Waals surface area contributed by atoms with E-state index in [2.05, 4.69) is 15.5 Å². The Morgan fingerprint density at radius 2 is 1.77 bits per heavy atom. The minimum Gasteiger partial charge on any atom is -0.457 e. The van der Waals surface area contributed by atoms with E-state index in [4.69, 9.17) is 9.15 Å². The van der Waals surface area contributed by atoms with Gasteiger partial charge in [0.05, 0.1) is 10.4 Å². The largest absolute Gasteiger partial charge is 0.457 e. The molecule has 0 saturated carbocycles. The molecule has 2 aromatic carbocycles. The van der Waals surface area contributed by atoms with Crippen LogP contribution in [0.5, 0.6) is 11.5 Å². The van der Waals surface area contributed by atoms with Crippen LogP contribution in [0.3, 0.4) is 0 Å². The van der Waals surface area contributed by atoms with E-state index in [1.807, 2.05) is 47.8 Å². The highest BCUT2D eigenvalue weighted by Crippen LogP contribution is 2.27. The third kappa shape index (κ3) is 3.47. The molecule has 0 atom stereocenters. The number of carbonyl (C=O) groups excluding carboxylic acids is 1. The molecule has 26 heavy (non-hydrogen) atoms. The summed E-state index contributed by atoms with van der Waals surface area (Å²) in [6, 6.07) is 20.0. The summed E-state index contributed by atoms with van der Waals surface area (Å²) < 4.78 is 11.3. The van der Waals surface area contributed by atoms with Gasteiger partial charge in [-0.2, -0.15) is 0 Å². The maximum Gasteiger partial charge on any atom is 0.322 e. The van der Waals surface area contributed by atoms with Crippen LogP contribution in [0.15, 0.2) is 76.5 Å². The minimum atomic E-state index is -0.391. The Kier molecular flexibility index (Phi) is 4.44. The Morgan fingerprint density at radius 1 is 0.962 bits per heavy atom. The van der Waals surface area contributed by atoms with Gasteiger partial charge in [0.15, 0.2) is 0 Å². The summed E-state index contributed by atoms with van der Waals surface area (Å²) in [6.45, 7) is 0. The molecule has 0 aliphatic rings. The van der Waals surface area contributed by atoms with Crippen LogP contribution in [0.25, 0.3) is 10.8 Å². The predicted octanol–water partition coefficient (Wildman–Crippen LogP) is 4.84. The van der Waals surface area contributed by atoms with Crippen molar-refractivity contribution in [1.29, 1.82) is 0 Å². The molecule has 0 aliphatic heterocycles. The third-order valence-corrected chi connectivity index (χ3v) is 4.34. The van der Waals surface area contributed by atoms with Gasteiger partial charge in [0, 0.05) is 0 Å². The van der Waals surface area contributed by atoms with Gasteiger partial charge in [-0.25, -0.2) is 0 Å². The van der Waals surface area contributed by atoms with Gasteiger partial charge in [-0.1, -0.05) is 41.5 Å². The number of rotatable bonds is 5. The van der Waals surface area contributed by atoms with Crippen LogP contribution in [-0.2, 0) is 0 Å². The Balaban J connectivity index is 1.53. The highest BCUT2D eigenvalue weighted by atomic mass is 32.1. The summed E-state index contributed by atoms with van der Waals surface area (Å²) >= 11 is 1.48. The van der Waals surface area contributed by atoms with E-state index in [9.17, 15) is 4.79 Å². The average molecular weight is 363 g/mol. The number of hydrogen-bond donors (Lipinski definition) is 1. The standard InChI is InChI=1S/C19H13N3O3S/c23-17(20-19-22-21-18(25-19)16-11-6-12-26-16)14-9-4-5-10-15(14)24-13-7-2-1-3-8-13/h1-12H,(H,20,22,23). The summed E-state index contributed by atoms with van der Waals surface area (Å²) in [7, 11) is 0. The van der Waals surface area contributed by atoms with Gasteiger partial charge in [0.1, 0.15) is 11.5 Å². The zero-order valence-corrected chi connectivity index (χ0v) is 14.3. The summed E-state index contributed by atoms with van der Waals surface area (Å²) in [5, 5.41) is 12.3. The van der Waals surface area contributed by atoms with Crippen molar-refractivity contribution in [3.63, 3.8) is 0 Å². The molecule has 0 aliphatic carbocycles. The molecule has 7 heteroatoms. The van der Waals surface area contributed by atoms with E-state index in [1.54, 1.807) is 24.3 Å². The van der Waals surface area contributed by atoms with Crippen LogP contribution in [0, 0.1) is 0 Å². The van der Waals surface area contributed by atoms with Crippen LogP contribution in [-0.4, -0.2) is 16.1 Å². The van der Waals surface area contributed by atoms with E-state index in [0.29, 0.717) is 23.0 Å². The first-order valence-electron chi connectivity index (χ1n) is 7.80. The Hall–Kier alpha value is -3.45. The lowest BCUT2D eigenvalue weighted by atomic mass is 10.2. The fourth-order valence-corrected chi connectivity index (χ4v) is 2.94. The minimum absolute atomic E-state index is 0.0351. The Morgan fingerprint density at radius 3 is 2.58 bits per heavy atom. The lowest BCUT2D eigenvalue weighted by Gasteiger charge is -2.10. The zero-order chi connectivity index (χ0) is 17.8. The first kappa shape index (κ1) is 16.0. The van der Waals surface area contributed by atoms with E-state index in [-0.39, 0.29) is 6.01 Å². The molecule has 0 saturated heterocycles. The molecule has 0 fully saturated rings. The normalized spacial score (nSPS) is 10.5. The summed E-state index contributed by atoms with van der Waals surface area (Å²) in [5.41, 5.74) is 0.368. The first-order valence-corrected chi connectivity index (χ1v) is 8.68. The number of carbonyl (C=O) groups is 1. The number of thiophene rings is 1. The van der Waals surface area contributed by atoms with Crippen molar-refractivity contribution >= 4 is 23.3 Å². The zero-order valence-electron chi connectivity index (χ0n) is 13.5. The lowest BCUT2D eigenvalue weighted by Crippen LogP contribution is -2.13. The highest BCUT2D eigenvalue weighted by Gasteiger charge is 2.17. The SMILES string of the molecule is O=C(Nc1nnc(-c2cccs2)o1)c1ccccc1Oc1ccccc1. The van der Waals surface area contributed by atoms with Crippen molar-refractivity contribution in [3.05, 3.63) is 77.7 Å². The molecule has 6 nitrogen and oxygen atoms in total. The second-order valence-electron chi connectivity index (χ2n) is 5.26. The monoisotopic (exact) mass is 363 g/mol. The van der Waals surface area contributed by atoms with E-state index in [1.165, 1.54) is 11.3 Å². The molecule has 2 aromatic heterocycles. The molecule has 1 N–H and O–H groups in total. The quantitative estimate of drug-likeness (QED) is 0.549. The number of ether oxygens (including phenoxy) is 1. The number of aromatic nitrogens is 2. The fraction of sp³-hybridized carbons (Fsp3) is 0. The first-order chi connectivity index (χ1) is 12.8. The van der Waals surface area contributed by atoms with Gasteiger partial charge < -0.3 is 9.15 Å². The van der Waals surface area contributed by atoms with Gasteiger partial charge in [-0.3, -0.25) is 10.1 Å². The smallest absolute Gasteiger partial charge is 0.322 e. The maximum atomic E-state index is 12.6. The van der Waals surface area contributed by atoms with Crippen LogP contribution in [0.2, 0.25) is 0 Å². The number of hydrogen-bond acceptors (Lipinski definition) is 6. The van der Waals surface area contributed by atoms with Crippen LogP contribution in [0.4, 0.5) is 6.01 Å². The molecular formula is C19H13N3O3S. The van der Waals surface area contributed by atoms with Crippen molar-refractivity contribution in [2.45, 2.75) is 0 Å². The van der Waals surface area contributed by atoms with Gasteiger partial charge in [-0.15, -0.1) is 16.4 Å². The molecule has 0 bridgehead atoms. The average Bonchev–Trinajstić information content (AvgIpc) is 3.34. The van der Waals surface area contributed by atoms with Crippen molar-refractivity contribution in [3.8, 4) is 22.3 Å². The fourth-order valence-electron chi connectivity index (χ4n) is 2.30. The van der Waals surface area contributed by atoms with Gasteiger partial charge in [-0.05, 0) is 35.7 Å². The van der Waals surface area contributed by atoms with Crippen molar-refractivity contribution in [2.24, 2.45) is 0 Å². The predicted molar refractivity (Wildman–Crippen MR) is 98.5 cm³/mol. The number of nitrogens with one attached hydrogen (secondary N) is 1. The van der Waals surface area contributed by atoms with Crippen LogP contribution < -0.4 is 10.1 Å². The van der Waals surface area contributed by atoms with Crippen molar-refractivity contribution in [1.82, 2.24) is 10.2 Å². The number of anilines is 1. The maximum absolute atomic E-state index is 12.6. The van der Waals surface area contributed by atoms with Gasteiger partial charge in [0.25, 0.3) is 11.8 Å². The third-order valence-electron chi connectivity index (χ3n) is 3.48. The van der Waals surface area contributed by atoms with E-state index in [0.717, 1.165) is 4.88 Å². The number of nitrogens with zero attached hydrogens (tertiary/aromatic N) is 2. The van der Waals surface area contributed by atoms with Crippen molar-refractivity contribution < 1.29 is 13.9 Å². The second kappa shape index (κ2) is 7.20. The number of para-hydroxylation sites is 2. The molecular weight excluding hydrogens is 350 g/mol. The molecule has 0 spiro atoms. The Bertz CT molecular complexity index is 1010. The molecule has 4 rings (SSSR count). The van der Waals surface area contributed by atoms with Crippen LogP contribution >= 0.6 is 11.3 Å². The Labute approximate surface area is 153 Å². The number of amides is 1. The highest BCUT2D eigenvalue weighted by molar-refractivity contribution is 7.13. The molecule has 4 aromatic rings.